The highest BCUT2D eigenvalue weighted by atomic mass is 16.1. The van der Waals surface area contributed by atoms with Gasteiger partial charge in [-0.1, -0.05) is 20.8 Å². The molecular weight excluding hydrogens is 202 g/mol. The van der Waals surface area contributed by atoms with Gasteiger partial charge in [-0.05, 0) is 18.9 Å². The van der Waals surface area contributed by atoms with Gasteiger partial charge in [-0.2, -0.15) is 0 Å². The second-order valence-electron chi connectivity index (χ2n) is 4.40. The van der Waals surface area contributed by atoms with Crippen molar-refractivity contribution < 1.29 is 0 Å². The zero-order valence-corrected chi connectivity index (χ0v) is 10.3. The van der Waals surface area contributed by atoms with Crippen LogP contribution in [0, 0.1) is 5.92 Å². The Morgan fingerprint density at radius 3 is 2.88 bits per heavy atom. The van der Waals surface area contributed by atoms with Gasteiger partial charge in [0.1, 0.15) is 5.82 Å². The number of aromatic amines is 1. The first-order chi connectivity index (χ1) is 7.61. The zero-order chi connectivity index (χ0) is 12.0. The predicted molar refractivity (Wildman–Crippen MR) is 65.4 cm³/mol. The van der Waals surface area contributed by atoms with Crippen molar-refractivity contribution in [3.05, 3.63) is 27.9 Å². The monoisotopic (exact) mass is 223 g/mol. The van der Waals surface area contributed by atoms with Gasteiger partial charge in [-0.25, -0.2) is 4.98 Å². The topological polar surface area (TPSA) is 57.8 Å². The number of H-pyrrole nitrogens is 1. The fourth-order valence-corrected chi connectivity index (χ4v) is 1.45. The molecule has 0 bridgehead atoms. The molecule has 0 unspecified atom stereocenters. The molecule has 0 atom stereocenters. The second kappa shape index (κ2) is 6.43. The van der Waals surface area contributed by atoms with Crippen molar-refractivity contribution in [2.45, 2.75) is 40.2 Å². The summed E-state index contributed by atoms with van der Waals surface area (Å²) in [7, 11) is 0. The lowest BCUT2D eigenvalue weighted by molar-refractivity contribution is 0.571. The molecule has 16 heavy (non-hydrogen) atoms. The average Bonchev–Trinajstić information content (AvgIpc) is 2.23. The Labute approximate surface area is 96.5 Å². The molecule has 2 N–H and O–H groups in total. The van der Waals surface area contributed by atoms with Crippen molar-refractivity contribution in [3.8, 4) is 0 Å². The van der Waals surface area contributed by atoms with Crippen LogP contribution in [-0.2, 0) is 13.0 Å². The van der Waals surface area contributed by atoms with Crippen LogP contribution >= 0.6 is 0 Å². The van der Waals surface area contributed by atoms with E-state index < -0.39 is 0 Å². The SMILES string of the molecule is CCNCc1cc(=O)[nH]c(CCC(C)C)n1. The summed E-state index contributed by atoms with van der Waals surface area (Å²) < 4.78 is 0. The Balaban J connectivity index is 2.69. The van der Waals surface area contributed by atoms with E-state index in [4.69, 9.17) is 0 Å². The molecule has 0 aromatic carbocycles. The molecule has 4 heteroatoms. The number of aromatic nitrogens is 2. The van der Waals surface area contributed by atoms with Gasteiger partial charge in [0.05, 0.1) is 5.69 Å². The summed E-state index contributed by atoms with van der Waals surface area (Å²) in [6, 6.07) is 1.56. The van der Waals surface area contributed by atoms with Gasteiger partial charge in [0.25, 0.3) is 5.56 Å². The zero-order valence-electron chi connectivity index (χ0n) is 10.3. The molecule has 4 nitrogen and oxygen atoms in total. The molecule has 90 valence electrons. The maximum Gasteiger partial charge on any atom is 0.251 e. The Morgan fingerprint density at radius 1 is 1.50 bits per heavy atom. The van der Waals surface area contributed by atoms with Crippen LogP contribution in [0.3, 0.4) is 0 Å². The van der Waals surface area contributed by atoms with E-state index in [0.29, 0.717) is 12.5 Å². The highest BCUT2D eigenvalue weighted by molar-refractivity contribution is 5.02. The molecule has 0 radical (unpaired) electrons. The van der Waals surface area contributed by atoms with Gasteiger partial charge >= 0.3 is 0 Å². The number of nitrogens with one attached hydrogen (secondary N) is 2. The van der Waals surface area contributed by atoms with E-state index >= 15 is 0 Å². The van der Waals surface area contributed by atoms with Crippen LogP contribution in [-0.4, -0.2) is 16.5 Å². The van der Waals surface area contributed by atoms with Gasteiger partial charge in [0, 0.05) is 19.0 Å². The summed E-state index contributed by atoms with van der Waals surface area (Å²) in [5, 5.41) is 3.17. The molecule has 0 aliphatic carbocycles. The van der Waals surface area contributed by atoms with Crippen LogP contribution in [0.1, 0.15) is 38.7 Å². The smallest absolute Gasteiger partial charge is 0.251 e. The quantitative estimate of drug-likeness (QED) is 0.767. The minimum absolute atomic E-state index is 0.0540. The fourth-order valence-electron chi connectivity index (χ4n) is 1.45. The van der Waals surface area contributed by atoms with Gasteiger partial charge in [-0.15, -0.1) is 0 Å². The van der Waals surface area contributed by atoms with Crippen molar-refractivity contribution in [3.63, 3.8) is 0 Å². The van der Waals surface area contributed by atoms with Gasteiger partial charge < -0.3 is 10.3 Å². The van der Waals surface area contributed by atoms with Crippen molar-refractivity contribution in [1.29, 1.82) is 0 Å². The summed E-state index contributed by atoms with van der Waals surface area (Å²) in [4.78, 5) is 18.6. The normalized spacial score (nSPS) is 11.0. The Hall–Kier alpha value is -1.16. The van der Waals surface area contributed by atoms with Crippen LogP contribution in [0.4, 0.5) is 0 Å². The summed E-state index contributed by atoms with van der Waals surface area (Å²) in [5.41, 5.74) is 0.769. The third-order valence-corrected chi connectivity index (χ3v) is 2.36. The minimum Gasteiger partial charge on any atom is -0.311 e. The van der Waals surface area contributed by atoms with Crippen LogP contribution < -0.4 is 10.9 Å². The largest absolute Gasteiger partial charge is 0.311 e. The third kappa shape index (κ3) is 4.57. The lowest BCUT2D eigenvalue weighted by Crippen LogP contribution is -2.18. The molecule has 0 aliphatic rings. The standard InChI is InChI=1S/C12H21N3O/c1-4-13-8-10-7-12(16)15-11(14-10)6-5-9(2)3/h7,9,13H,4-6,8H2,1-3H3,(H,14,15,16). The lowest BCUT2D eigenvalue weighted by Gasteiger charge is -2.06. The van der Waals surface area contributed by atoms with Gasteiger partial charge in [0.2, 0.25) is 0 Å². The van der Waals surface area contributed by atoms with Crippen molar-refractivity contribution >= 4 is 0 Å². The van der Waals surface area contributed by atoms with E-state index in [1.165, 1.54) is 0 Å². The van der Waals surface area contributed by atoms with E-state index in [1.807, 2.05) is 6.92 Å². The van der Waals surface area contributed by atoms with Crippen molar-refractivity contribution in [2.24, 2.45) is 5.92 Å². The molecule has 1 rings (SSSR count). The molecule has 0 spiro atoms. The summed E-state index contributed by atoms with van der Waals surface area (Å²) in [6.07, 6.45) is 1.89. The lowest BCUT2D eigenvalue weighted by atomic mass is 10.1. The maximum atomic E-state index is 11.4. The molecule has 0 amide bonds. The van der Waals surface area contributed by atoms with E-state index in [-0.39, 0.29) is 5.56 Å². The number of nitrogens with zero attached hydrogens (tertiary/aromatic N) is 1. The molecule has 0 aliphatic heterocycles. The summed E-state index contributed by atoms with van der Waals surface area (Å²) in [5.74, 6) is 1.43. The first-order valence-electron chi connectivity index (χ1n) is 5.91. The van der Waals surface area contributed by atoms with Crippen LogP contribution in [0.25, 0.3) is 0 Å². The number of rotatable bonds is 6. The average molecular weight is 223 g/mol. The molecule has 1 aromatic rings. The van der Waals surface area contributed by atoms with Crippen LogP contribution in [0.15, 0.2) is 10.9 Å². The number of hydrogen-bond donors (Lipinski definition) is 2. The van der Waals surface area contributed by atoms with E-state index in [9.17, 15) is 4.79 Å². The molecule has 1 aromatic heterocycles. The third-order valence-electron chi connectivity index (χ3n) is 2.36. The summed E-state index contributed by atoms with van der Waals surface area (Å²) in [6.45, 7) is 7.92. The number of hydrogen-bond acceptors (Lipinski definition) is 3. The molecule has 0 saturated carbocycles. The van der Waals surface area contributed by atoms with E-state index in [2.05, 4.69) is 29.1 Å². The predicted octanol–water partition coefficient (Wildman–Crippen LogP) is 1.47. The fraction of sp³-hybridized carbons (Fsp3) is 0.667. The van der Waals surface area contributed by atoms with E-state index in [0.717, 1.165) is 30.9 Å². The van der Waals surface area contributed by atoms with Crippen LogP contribution in [0.5, 0.6) is 0 Å². The number of aryl methyl sites for hydroxylation is 1. The van der Waals surface area contributed by atoms with Crippen molar-refractivity contribution in [1.82, 2.24) is 15.3 Å². The highest BCUT2D eigenvalue weighted by Gasteiger charge is 2.02. The second-order valence-corrected chi connectivity index (χ2v) is 4.40. The Morgan fingerprint density at radius 2 is 2.25 bits per heavy atom. The molecule has 0 saturated heterocycles. The first-order valence-corrected chi connectivity index (χ1v) is 5.91. The molecule has 0 fully saturated rings. The maximum absolute atomic E-state index is 11.4. The minimum atomic E-state index is -0.0540. The highest BCUT2D eigenvalue weighted by Crippen LogP contribution is 2.04. The van der Waals surface area contributed by atoms with Crippen molar-refractivity contribution in [2.75, 3.05) is 6.54 Å². The summed E-state index contributed by atoms with van der Waals surface area (Å²) >= 11 is 0. The first kappa shape index (κ1) is 12.9. The van der Waals surface area contributed by atoms with Gasteiger partial charge in [-0.3, -0.25) is 4.79 Å². The molecule has 1 heterocycles. The molecular formula is C12H21N3O. The van der Waals surface area contributed by atoms with E-state index in [1.54, 1.807) is 6.07 Å². The van der Waals surface area contributed by atoms with Crippen LogP contribution in [0.2, 0.25) is 0 Å². The van der Waals surface area contributed by atoms with Gasteiger partial charge in [0.15, 0.2) is 0 Å². The Bertz CT molecular complexity index is 371. The Kier molecular flexibility index (Phi) is 5.19.